The number of carbonyl (C=O) groups is 2. The number of rotatable bonds is 6. The van der Waals surface area contributed by atoms with Gasteiger partial charge in [-0.2, -0.15) is 0 Å². The molecule has 1 aromatic carbocycles. The summed E-state index contributed by atoms with van der Waals surface area (Å²) in [6.45, 7) is 2.92. The van der Waals surface area contributed by atoms with Gasteiger partial charge in [-0.25, -0.2) is 0 Å². The average molecular weight is 250 g/mol. The molecule has 0 aliphatic heterocycles. The topological polar surface area (TPSA) is 67.4 Å². The Kier molecular flexibility index (Phi) is 5.87. The molecule has 0 saturated heterocycles. The van der Waals surface area contributed by atoms with E-state index in [1.54, 1.807) is 19.2 Å². The number of hydrogen-bond acceptors (Lipinski definition) is 3. The molecule has 0 heterocycles. The van der Waals surface area contributed by atoms with Crippen molar-refractivity contribution < 1.29 is 14.3 Å². The van der Waals surface area contributed by atoms with Crippen molar-refractivity contribution in [1.29, 1.82) is 0 Å². The van der Waals surface area contributed by atoms with Crippen LogP contribution in [-0.2, 0) is 16.1 Å². The number of benzene rings is 1. The first-order valence-electron chi connectivity index (χ1n) is 5.74. The first kappa shape index (κ1) is 14.2. The first-order chi connectivity index (χ1) is 8.63. The molecule has 5 nitrogen and oxygen atoms in total. The monoisotopic (exact) mass is 250 g/mol. The SMILES string of the molecule is COCCNC(=O)c1ccc(CNC(C)=O)cc1. The van der Waals surface area contributed by atoms with Crippen molar-refractivity contribution in [1.82, 2.24) is 10.6 Å². The molecule has 18 heavy (non-hydrogen) atoms. The number of hydrogen-bond donors (Lipinski definition) is 2. The number of methoxy groups -OCH3 is 1. The van der Waals surface area contributed by atoms with Crippen LogP contribution in [0, 0.1) is 0 Å². The maximum atomic E-state index is 11.7. The van der Waals surface area contributed by atoms with E-state index in [1.807, 2.05) is 12.1 Å². The second-order valence-electron chi connectivity index (χ2n) is 3.86. The van der Waals surface area contributed by atoms with Gasteiger partial charge in [-0.15, -0.1) is 0 Å². The highest BCUT2D eigenvalue weighted by atomic mass is 16.5. The zero-order valence-corrected chi connectivity index (χ0v) is 10.7. The molecule has 1 aromatic rings. The highest BCUT2D eigenvalue weighted by Crippen LogP contribution is 2.04. The van der Waals surface area contributed by atoms with Gasteiger partial charge in [-0.3, -0.25) is 9.59 Å². The maximum absolute atomic E-state index is 11.7. The largest absolute Gasteiger partial charge is 0.383 e. The summed E-state index contributed by atoms with van der Waals surface area (Å²) in [5, 5.41) is 5.43. The van der Waals surface area contributed by atoms with Crippen molar-refractivity contribution in [3.05, 3.63) is 35.4 Å². The van der Waals surface area contributed by atoms with E-state index in [1.165, 1.54) is 6.92 Å². The Morgan fingerprint density at radius 2 is 1.83 bits per heavy atom. The van der Waals surface area contributed by atoms with Crippen LogP contribution in [0.1, 0.15) is 22.8 Å². The molecule has 1 rings (SSSR count). The standard InChI is InChI=1S/C13H18N2O3/c1-10(16)15-9-11-3-5-12(6-4-11)13(17)14-7-8-18-2/h3-6H,7-9H2,1-2H3,(H,14,17)(H,15,16). The molecular formula is C13H18N2O3. The molecule has 2 amide bonds. The minimum Gasteiger partial charge on any atom is -0.383 e. The van der Waals surface area contributed by atoms with E-state index in [9.17, 15) is 9.59 Å². The molecule has 0 saturated carbocycles. The van der Waals surface area contributed by atoms with Gasteiger partial charge in [0.2, 0.25) is 5.91 Å². The van der Waals surface area contributed by atoms with E-state index in [0.717, 1.165) is 5.56 Å². The van der Waals surface area contributed by atoms with E-state index < -0.39 is 0 Å². The van der Waals surface area contributed by atoms with Crippen LogP contribution in [0.3, 0.4) is 0 Å². The van der Waals surface area contributed by atoms with Crippen LogP contribution in [0.2, 0.25) is 0 Å². The van der Waals surface area contributed by atoms with E-state index in [4.69, 9.17) is 4.74 Å². The summed E-state index contributed by atoms with van der Waals surface area (Å²) in [6, 6.07) is 7.11. The average Bonchev–Trinajstić information content (AvgIpc) is 2.37. The van der Waals surface area contributed by atoms with Gasteiger partial charge < -0.3 is 15.4 Å². The molecule has 0 aliphatic carbocycles. The summed E-state index contributed by atoms with van der Waals surface area (Å²) in [5.41, 5.74) is 1.55. The lowest BCUT2D eigenvalue weighted by Crippen LogP contribution is -2.27. The van der Waals surface area contributed by atoms with Gasteiger partial charge in [-0.1, -0.05) is 12.1 Å². The Labute approximate surface area is 107 Å². The second kappa shape index (κ2) is 7.45. The van der Waals surface area contributed by atoms with Crippen molar-refractivity contribution in [3.8, 4) is 0 Å². The van der Waals surface area contributed by atoms with Gasteiger partial charge in [0, 0.05) is 32.7 Å². The summed E-state index contributed by atoms with van der Waals surface area (Å²) in [5.74, 6) is -0.200. The lowest BCUT2D eigenvalue weighted by atomic mass is 10.1. The second-order valence-corrected chi connectivity index (χ2v) is 3.86. The Morgan fingerprint density at radius 1 is 1.17 bits per heavy atom. The Morgan fingerprint density at radius 3 is 2.39 bits per heavy atom. The van der Waals surface area contributed by atoms with Crippen molar-refractivity contribution >= 4 is 11.8 Å². The smallest absolute Gasteiger partial charge is 0.251 e. The van der Waals surface area contributed by atoms with Crippen molar-refractivity contribution in [2.45, 2.75) is 13.5 Å². The van der Waals surface area contributed by atoms with Gasteiger partial charge in [0.05, 0.1) is 6.61 Å². The molecule has 0 radical (unpaired) electrons. The van der Waals surface area contributed by atoms with E-state index in [2.05, 4.69) is 10.6 Å². The molecule has 2 N–H and O–H groups in total. The normalized spacial score (nSPS) is 9.89. The Bertz CT molecular complexity index is 401. The number of amides is 2. The predicted molar refractivity (Wildman–Crippen MR) is 68.2 cm³/mol. The van der Waals surface area contributed by atoms with Crippen LogP contribution < -0.4 is 10.6 Å². The van der Waals surface area contributed by atoms with Gasteiger partial charge in [0.1, 0.15) is 0 Å². The van der Waals surface area contributed by atoms with Gasteiger partial charge in [0.15, 0.2) is 0 Å². The van der Waals surface area contributed by atoms with Crippen LogP contribution in [0.15, 0.2) is 24.3 Å². The van der Waals surface area contributed by atoms with E-state index in [0.29, 0.717) is 25.3 Å². The molecular weight excluding hydrogens is 232 g/mol. The van der Waals surface area contributed by atoms with Gasteiger partial charge in [0.25, 0.3) is 5.91 Å². The van der Waals surface area contributed by atoms with Crippen LogP contribution in [0.25, 0.3) is 0 Å². The molecule has 98 valence electrons. The fourth-order valence-electron chi connectivity index (χ4n) is 1.37. The number of carbonyl (C=O) groups excluding carboxylic acids is 2. The first-order valence-corrected chi connectivity index (χ1v) is 5.74. The van der Waals surface area contributed by atoms with Gasteiger partial charge >= 0.3 is 0 Å². The van der Waals surface area contributed by atoms with Crippen molar-refractivity contribution in [3.63, 3.8) is 0 Å². The number of nitrogens with one attached hydrogen (secondary N) is 2. The molecule has 0 spiro atoms. The minimum atomic E-state index is -0.127. The maximum Gasteiger partial charge on any atom is 0.251 e. The third kappa shape index (κ3) is 4.97. The molecule has 0 atom stereocenters. The van der Waals surface area contributed by atoms with Crippen LogP contribution in [-0.4, -0.2) is 32.1 Å². The third-order valence-corrected chi connectivity index (χ3v) is 2.35. The molecule has 0 fully saturated rings. The summed E-state index contributed by atoms with van der Waals surface area (Å²) >= 11 is 0. The predicted octanol–water partition coefficient (Wildman–Crippen LogP) is 0.699. The minimum absolute atomic E-state index is 0.0728. The Balaban J connectivity index is 2.48. The Hall–Kier alpha value is -1.88. The van der Waals surface area contributed by atoms with E-state index >= 15 is 0 Å². The third-order valence-electron chi connectivity index (χ3n) is 2.35. The quantitative estimate of drug-likeness (QED) is 0.730. The van der Waals surface area contributed by atoms with Crippen LogP contribution >= 0.6 is 0 Å². The van der Waals surface area contributed by atoms with Crippen molar-refractivity contribution in [2.24, 2.45) is 0 Å². The van der Waals surface area contributed by atoms with Crippen LogP contribution in [0.4, 0.5) is 0 Å². The molecule has 0 aliphatic rings. The molecule has 5 heteroatoms. The highest BCUT2D eigenvalue weighted by molar-refractivity contribution is 5.94. The van der Waals surface area contributed by atoms with Gasteiger partial charge in [-0.05, 0) is 17.7 Å². The summed E-state index contributed by atoms with van der Waals surface area (Å²) in [4.78, 5) is 22.4. The lowest BCUT2D eigenvalue weighted by Gasteiger charge is -2.06. The molecule has 0 unspecified atom stereocenters. The fraction of sp³-hybridized carbons (Fsp3) is 0.385. The molecule has 0 bridgehead atoms. The summed E-state index contributed by atoms with van der Waals surface area (Å²) in [7, 11) is 1.59. The van der Waals surface area contributed by atoms with Crippen LogP contribution in [0.5, 0.6) is 0 Å². The lowest BCUT2D eigenvalue weighted by molar-refractivity contribution is -0.119. The highest BCUT2D eigenvalue weighted by Gasteiger charge is 2.04. The summed E-state index contributed by atoms with van der Waals surface area (Å²) < 4.78 is 4.85. The van der Waals surface area contributed by atoms with E-state index in [-0.39, 0.29) is 11.8 Å². The van der Waals surface area contributed by atoms with Crippen molar-refractivity contribution in [2.75, 3.05) is 20.3 Å². The molecule has 0 aromatic heterocycles. The summed E-state index contributed by atoms with van der Waals surface area (Å²) in [6.07, 6.45) is 0. The number of ether oxygens (including phenoxy) is 1. The fourth-order valence-corrected chi connectivity index (χ4v) is 1.37. The zero-order chi connectivity index (χ0) is 13.4. The zero-order valence-electron chi connectivity index (χ0n) is 10.7.